The maximum atomic E-state index is 12.3. The van der Waals surface area contributed by atoms with Gasteiger partial charge in [0.2, 0.25) is 5.91 Å². The van der Waals surface area contributed by atoms with E-state index >= 15 is 0 Å². The third kappa shape index (κ3) is 4.28. The first-order chi connectivity index (χ1) is 12.5. The van der Waals surface area contributed by atoms with Gasteiger partial charge in [0, 0.05) is 17.9 Å². The van der Waals surface area contributed by atoms with Crippen molar-refractivity contribution < 1.29 is 18.7 Å². The van der Waals surface area contributed by atoms with Crippen molar-refractivity contribution in [1.29, 1.82) is 0 Å². The topological polar surface area (TPSA) is 93.5 Å². The summed E-state index contributed by atoms with van der Waals surface area (Å²) in [7, 11) is 1.55. The molecule has 0 saturated heterocycles. The van der Waals surface area contributed by atoms with Crippen LogP contribution < -0.4 is 15.4 Å². The van der Waals surface area contributed by atoms with E-state index in [-0.39, 0.29) is 11.8 Å². The number of anilines is 1. The van der Waals surface area contributed by atoms with E-state index in [4.69, 9.17) is 9.15 Å². The lowest BCUT2D eigenvalue weighted by Gasteiger charge is -2.04. The number of thiazole rings is 1. The van der Waals surface area contributed by atoms with Crippen molar-refractivity contribution >= 4 is 28.3 Å². The first-order valence-corrected chi connectivity index (χ1v) is 8.67. The Morgan fingerprint density at radius 3 is 2.88 bits per heavy atom. The molecular formula is C18H17N3O4S. The van der Waals surface area contributed by atoms with Gasteiger partial charge in [-0.05, 0) is 30.3 Å². The summed E-state index contributed by atoms with van der Waals surface area (Å²) < 4.78 is 10.8. The number of aromatic nitrogens is 1. The minimum atomic E-state index is -0.268. The molecule has 2 N–H and O–H groups in total. The minimum Gasteiger partial charge on any atom is -0.497 e. The molecule has 2 aromatic heterocycles. The Morgan fingerprint density at radius 2 is 2.12 bits per heavy atom. The van der Waals surface area contributed by atoms with Crippen LogP contribution in [0.2, 0.25) is 0 Å². The number of hydrogen-bond acceptors (Lipinski definition) is 6. The van der Waals surface area contributed by atoms with Gasteiger partial charge in [0.15, 0.2) is 10.9 Å². The van der Waals surface area contributed by atoms with E-state index in [1.165, 1.54) is 18.3 Å². The van der Waals surface area contributed by atoms with Crippen LogP contribution in [0.1, 0.15) is 23.0 Å². The lowest BCUT2D eigenvalue weighted by atomic mass is 10.2. The predicted octanol–water partition coefficient (Wildman–Crippen LogP) is 3.30. The van der Waals surface area contributed by atoms with Gasteiger partial charge in [-0.1, -0.05) is 6.07 Å². The quantitative estimate of drug-likeness (QED) is 0.693. The number of carbonyl (C=O) groups is 2. The molecule has 0 fully saturated rings. The maximum Gasteiger partial charge on any atom is 0.257 e. The van der Waals surface area contributed by atoms with Crippen molar-refractivity contribution in [3.8, 4) is 17.2 Å². The lowest BCUT2D eigenvalue weighted by molar-refractivity contribution is -0.119. The summed E-state index contributed by atoms with van der Waals surface area (Å²) in [5.74, 6) is 1.42. The third-order valence-corrected chi connectivity index (χ3v) is 4.24. The van der Waals surface area contributed by atoms with Gasteiger partial charge in [-0.2, -0.15) is 0 Å². The smallest absolute Gasteiger partial charge is 0.257 e. The zero-order chi connectivity index (χ0) is 18.5. The van der Waals surface area contributed by atoms with Crippen LogP contribution in [0, 0.1) is 0 Å². The van der Waals surface area contributed by atoms with Gasteiger partial charge >= 0.3 is 0 Å². The monoisotopic (exact) mass is 371 g/mol. The summed E-state index contributed by atoms with van der Waals surface area (Å²) in [5, 5.41) is 7.69. The molecule has 0 aliphatic rings. The van der Waals surface area contributed by atoms with Crippen molar-refractivity contribution in [2.45, 2.75) is 13.5 Å². The molecule has 0 bridgehead atoms. The first kappa shape index (κ1) is 17.7. The number of benzene rings is 1. The van der Waals surface area contributed by atoms with E-state index in [1.54, 1.807) is 48.9 Å². The van der Waals surface area contributed by atoms with E-state index in [0.717, 1.165) is 0 Å². The van der Waals surface area contributed by atoms with Gasteiger partial charge in [0.05, 0.1) is 13.7 Å². The molecule has 134 valence electrons. The number of nitrogens with one attached hydrogen (secondary N) is 2. The van der Waals surface area contributed by atoms with Gasteiger partial charge in [0.25, 0.3) is 5.91 Å². The van der Waals surface area contributed by atoms with Crippen LogP contribution in [0.4, 0.5) is 5.13 Å². The number of hydrogen-bond donors (Lipinski definition) is 2. The largest absolute Gasteiger partial charge is 0.497 e. The molecule has 0 radical (unpaired) electrons. The van der Waals surface area contributed by atoms with Crippen molar-refractivity contribution in [2.24, 2.45) is 0 Å². The van der Waals surface area contributed by atoms with E-state index in [9.17, 15) is 9.59 Å². The van der Waals surface area contributed by atoms with Crippen molar-refractivity contribution in [1.82, 2.24) is 10.3 Å². The molecule has 0 spiro atoms. The Labute approximate surface area is 154 Å². The Balaban J connectivity index is 1.67. The number of ether oxygens (including phenoxy) is 1. The van der Waals surface area contributed by atoms with Gasteiger partial charge in [0.1, 0.15) is 17.2 Å². The highest BCUT2D eigenvalue weighted by Crippen LogP contribution is 2.27. The number of nitrogens with zero attached hydrogens (tertiary/aromatic N) is 1. The van der Waals surface area contributed by atoms with Crippen LogP contribution in [0.15, 0.2) is 46.2 Å². The maximum absolute atomic E-state index is 12.3. The Bertz CT molecular complexity index is 932. The van der Waals surface area contributed by atoms with Crippen molar-refractivity contribution in [3.05, 3.63) is 53.1 Å². The molecule has 3 aromatic rings. The summed E-state index contributed by atoms with van der Waals surface area (Å²) in [5.41, 5.74) is 1.10. The standard InChI is InChI=1S/C18H17N3O4S/c1-11(22)19-9-14-6-7-16(25-14)15-10-26-18(20-15)21-17(23)12-4-3-5-13(8-12)24-2/h3-8,10H,9H2,1-2H3,(H,19,22)(H,20,21,23). The van der Waals surface area contributed by atoms with Crippen LogP contribution in [0.25, 0.3) is 11.5 Å². The highest BCUT2D eigenvalue weighted by molar-refractivity contribution is 7.14. The highest BCUT2D eigenvalue weighted by Gasteiger charge is 2.13. The van der Waals surface area contributed by atoms with Crippen molar-refractivity contribution in [2.75, 3.05) is 12.4 Å². The lowest BCUT2D eigenvalue weighted by Crippen LogP contribution is -2.18. The van der Waals surface area contributed by atoms with E-state index in [2.05, 4.69) is 15.6 Å². The summed E-state index contributed by atoms with van der Waals surface area (Å²) in [6.07, 6.45) is 0. The Morgan fingerprint density at radius 1 is 1.27 bits per heavy atom. The fourth-order valence-corrected chi connectivity index (χ4v) is 2.89. The molecule has 0 aliphatic carbocycles. The molecule has 3 rings (SSSR count). The number of rotatable bonds is 6. The molecule has 2 heterocycles. The van der Waals surface area contributed by atoms with Crippen LogP contribution in [-0.4, -0.2) is 23.9 Å². The molecule has 7 nitrogen and oxygen atoms in total. The number of methoxy groups -OCH3 is 1. The van der Waals surface area contributed by atoms with E-state index in [0.29, 0.717) is 40.2 Å². The third-order valence-electron chi connectivity index (χ3n) is 3.48. The highest BCUT2D eigenvalue weighted by atomic mass is 32.1. The number of amides is 2. The average Bonchev–Trinajstić information content (AvgIpc) is 3.29. The number of furan rings is 1. The summed E-state index contributed by atoms with van der Waals surface area (Å²) >= 11 is 1.30. The SMILES string of the molecule is COc1cccc(C(=O)Nc2nc(-c3ccc(CNC(C)=O)o3)cs2)c1. The molecule has 26 heavy (non-hydrogen) atoms. The fourth-order valence-electron chi connectivity index (χ4n) is 2.20. The van der Waals surface area contributed by atoms with E-state index < -0.39 is 0 Å². The normalized spacial score (nSPS) is 10.4. The zero-order valence-corrected chi connectivity index (χ0v) is 15.1. The zero-order valence-electron chi connectivity index (χ0n) is 14.2. The van der Waals surface area contributed by atoms with Crippen molar-refractivity contribution in [3.63, 3.8) is 0 Å². The summed E-state index contributed by atoms with van der Waals surface area (Å²) in [6, 6.07) is 10.4. The molecule has 0 aliphatic heterocycles. The summed E-state index contributed by atoms with van der Waals surface area (Å²) in [4.78, 5) is 27.6. The molecule has 8 heteroatoms. The second kappa shape index (κ2) is 7.83. The second-order valence-electron chi connectivity index (χ2n) is 5.40. The van der Waals surface area contributed by atoms with Gasteiger partial charge < -0.3 is 14.5 Å². The molecule has 1 aromatic carbocycles. The molecule has 0 unspecified atom stereocenters. The fraction of sp³-hybridized carbons (Fsp3) is 0.167. The van der Waals surface area contributed by atoms with Crippen LogP contribution >= 0.6 is 11.3 Å². The predicted molar refractivity (Wildman–Crippen MR) is 98.3 cm³/mol. The Kier molecular flexibility index (Phi) is 5.33. The minimum absolute atomic E-state index is 0.126. The van der Waals surface area contributed by atoms with Crippen LogP contribution in [-0.2, 0) is 11.3 Å². The van der Waals surface area contributed by atoms with Gasteiger partial charge in [-0.15, -0.1) is 11.3 Å². The average molecular weight is 371 g/mol. The van der Waals surface area contributed by atoms with Gasteiger partial charge in [-0.3, -0.25) is 14.9 Å². The van der Waals surface area contributed by atoms with Crippen LogP contribution in [0.3, 0.4) is 0 Å². The van der Waals surface area contributed by atoms with Crippen LogP contribution in [0.5, 0.6) is 5.75 Å². The number of carbonyl (C=O) groups excluding carboxylic acids is 2. The van der Waals surface area contributed by atoms with Gasteiger partial charge in [-0.25, -0.2) is 4.98 Å². The van der Waals surface area contributed by atoms with E-state index in [1.807, 2.05) is 0 Å². The molecule has 0 saturated carbocycles. The molecular weight excluding hydrogens is 354 g/mol. The Hall–Kier alpha value is -3.13. The molecule has 0 atom stereocenters. The second-order valence-corrected chi connectivity index (χ2v) is 6.26. The summed E-state index contributed by atoms with van der Waals surface area (Å²) in [6.45, 7) is 1.76. The molecule has 2 amide bonds. The first-order valence-electron chi connectivity index (χ1n) is 7.79.